The van der Waals surface area contributed by atoms with Crippen LogP contribution in [0.2, 0.25) is 0 Å². The average Bonchev–Trinajstić information content (AvgIpc) is 1.68. The largest absolute Gasteiger partial charge is 0.506 e. The van der Waals surface area contributed by atoms with Crippen molar-refractivity contribution in [3.05, 3.63) is 24.5 Å². The Morgan fingerprint density at radius 3 is 2.43 bits per heavy atom. The summed E-state index contributed by atoms with van der Waals surface area (Å²) in [7, 11) is 0. The van der Waals surface area contributed by atoms with E-state index in [0.29, 0.717) is 0 Å². The number of allylic oxidation sites excluding steroid dienone is 3. The summed E-state index contributed by atoms with van der Waals surface area (Å²) in [6.45, 7) is 3.31. The smallest absolute Gasteiger partial charge is 0.133 e. The van der Waals surface area contributed by atoms with E-state index in [2.05, 4.69) is 6.58 Å². The Morgan fingerprint density at radius 1 is 1.71 bits per heavy atom. The highest BCUT2D eigenvalue weighted by molar-refractivity contribution is 5.72. The summed E-state index contributed by atoms with van der Waals surface area (Å²) in [5.41, 5.74) is 0. The molecule has 0 fully saturated rings. The minimum atomic E-state index is -0.0741. The zero-order valence-corrected chi connectivity index (χ0v) is 3.89. The zero-order chi connectivity index (χ0) is 5.70. The van der Waals surface area contributed by atoms with Gasteiger partial charge in [-0.05, 0) is 6.08 Å². The molecule has 0 unspecified atom stereocenters. The first kappa shape index (κ1) is 5.95. The Kier molecular flexibility index (Phi) is 2.68. The van der Waals surface area contributed by atoms with Crippen LogP contribution in [0, 0.1) is 5.41 Å². The van der Waals surface area contributed by atoms with Crippen LogP contribution in [0.3, 0.4) is 0 Å². The molecule has 0 atom stereocenters. The molecule has 2 nitrogen and oxygen atoms in total. The predicted octanol–water partition coefficient (Wildman–Crippen LogP) is 1.26. The van der Waals surface area contributed by atoms with Crippen LogP contribution in [-0.4, -0.2) is 11.3 Å². The van der Waals surface area contributed by atoms with Gasteiger partial charge in [0, 0.05) is 0 Å². The molecule has 0 amide bonds. The fourth-order valence-corrected chi connectivity index (χ4v) is 0.169. The van der Waals surface area contributed by atoms with Gasteiger partial charge in [-0.15, -0.1) is 0 Å². The van der Waals surface area contributed by atoms with Crippen molar-refractivity contribution in [1.82, 2.24) is 0 Å². The molecule has 0 aliphatic heterocycles. The fourth-order valence-electron chi connectivity index (χ4n) is 0.169. The predicted molar refractivity (Wildman–Crippen MR) is 29.7 cm³/mol. The minimum absolute atomic E-state index is 0.0741. The van der Waals surface area contributed by atoms with Gasteiger partial charge in [0.15, 0.2) is 0 Å². The Labute approximate surface area is 42.3 Å². The lowest BCUT2D eigenvalue weighted by Gasteiger charge is -1.78. The van der Waals surface area contributed by atoms with E-state index in [1.807, 2.05) is 0 Å². The molecule has 0 saturated carbocycles. The number of nitrogens with one attached hydrogen (secondary N) is 1. The van der Waals surface area contributed by atoms with E-state index in [0.717, 1.165) is 6.21 Å². The molecule has 0 aliphatic rings. The summed E-state index contributed by atoms with van der Waals surface area (Å²) < 4.78 is 0. The SMILES string of the molecule is C=C/C=C(\O)C=N. The molecule has 0 heterocycles. The molecule has 0 aromatic heterocycles. The van der Waals surface area contributed by atoms with E-state index in [4.69, 9.17) is 10.5 Å². The van der Waals surface area contributed by atoms with E-state index in [1.165, 1.54) is 12.2 Å². The van der Waals surface area contributed by atoms with E-state index in [1.54, 1.807) is 0 Å². The lowest BCUT2D eigenvalue weighted by Crippen LogP contribution is -1.75. The molecular formula is C5H7NO. The van der Waals surface area contributed by atoms with Crippen LogP contribution in [0.4, 0.5) is 0 Å². The van der Waals surface area contributed by atoms with Crippen LogP contribution in [0.25, 0.3) is 0 Å². The van der Waals surface area contributed by atoms with Crippen molar-refractivity contribution in [1.29, 1.82) is 5.41 Å². The molecule has 0 rings (SSSR count). The van der Waals surface area contributed by atoms with E-state index in [9.17, 15) is 0 Å². The molecule has 0 aromatic rings. The van der Waals surface area contributed by atoms with Crippen LogP contribution in [0.5, 0.6) is 0 Å². The number of hydrogen-bond donors (Lipinski definition) is 2. The van der Waals surface area contributed by atoms with Crippen molar-refractivity contribution in [2.75, 3.05) is 0 Å². The molecule has 0 aromatic carbocycles. The maximum Gasteiger partial charge on any atom is 0.133 e. The molecule has 38 valence electrons. The number of rotatable bonds is 2. The van der Waals surface area contributed by atoms with Crippen LogP contribution in [-0.2, 0) is 0 Å². The second-order valence-corrected chi connectivity index (χ2v) is 0.972. The molecule has 0 aliphatic carbocycles. The topological polar surface area (TPSA) is 44.1 Å². The van der Waals surface area contributed by atoms with E-state index < -0.39 is 0 Å². The Balaban J connectivity index is 3.72. The van der Waals surface area contributed by atoms with Gasteiger partial charge in [-0.1, -0.05) is 12.7 Å². The Hall–Kier alpha value is -1.05. The zero-order valence-electron chi connectivity index (χ0n) is 3.89. The van der Waals surface area contributed by atoms with Crippen molar-refractivity contribution < 1.29 is 5.11 Å². The summed E-state index contributed by atoms with van der Waals surface area (Å²) in [4.78, 5) is 0. The minimum Gasteiger partial charge on any atom is -0.506 e. The van der Waals surface area contributed by atoms with Gasteiger partial charge in [0.2, 0.25) is 0 Å². The lowest BCUT2D eigenvalue weighted by molar-refractivity contribution is 0.446. The van der Waals surface area contributed by atoms with Crippen molar-refractivity contribution >= 4 is 6.21 Å². The average molecular weight is 97.1 g/mol. The highest BCUT2D eigenvalue weighted by Crippen LogP contribution is 1.78. The third kappa shape index (κ3) is 2.76. The second kappa shape index (κ2) is 3.15. The van der Waals surface area contributed by atoms with Crippen molar-refractivity contribution in [2.45, 2.75) is 0 Å². The molecule has 7 heavy (non-hydrogen) atoms. The molecule has 0 spiro atoms. The highest BCUT2D eigenvalue weighted by Gasteiger charge is 1.74. The normalized spacial score (nSPS) is 10.6. The number of hydrogen-bond acceptors (Lipinski definition) is 2. The third-order valence-electron chi connectivity index (χ3n) is 0.436. The second-order valence-electron chi connectivity index (χ2n) is 0.972. The van der Waals surface area contributed by atoms with E-state index >= 15 is 0 Å². The molecule has 0 radical (unpaired) electrons. The van der Waals surface area contributed by atoms with Gasteiger partial charge in [0.1, 0.15) is 5.76 Å². The number of aliphatic hydroxyl groups is 1. The summed E-state index contributed by atoms with van der Waals surface area (Å²) in [5.74, 6) is -0.0741. The van der Waals surface area contributed by atoms with Crippen molar-refractivity contribution in [3.8, 4) is 0 Å². The van der Waals surface area contributed by atoms with Crippen LogP contribution < -0.4 is 0 Å². The van der Waals surface area contributed by atoms with Crippen molar-refractivity contribution in [2.24, 2.45) is 0 Å². The summed E-state index contributed by atoms with van der Waals surface area (Å²) in [6, 6.07) is 0. The third-order valence-corrected chi connectivity index (χ3v) is 0.436. The molecule has 2 N–H and O–H groups in total. The first-order chi connectivity index (χ1) is 3.31. The number of aliphatic hydroxyl groups excluding tert-OH is 1. The molecule has 2 heteroatoms. The standard InChI is InChI=1S/C5H7NO/c1-2-3-5(7)4-6/h2-4,6-7H,1H2/b5-3-,6-4?. The van der Waals surface area contributed by atoms with Crippen LogP contribution >= 0.6 is 0 Å². The first-order valence-electron chi connectivity index (χ1n) is 1.83. The maximum absolute atomic E-state index is 8.40. The van der Waals surface area contributed by atoms with Crippen LogP contribution in [0.1, 0.15) is 0 Å². The van der Waals surface area contributed by atoms with Gasteiger partial charge >= 0.3 is 0 Å². The highest BCUT2D eigenvalue weighted by atomic mass is 16.3. The van der Waals surface area contributed by atoms with Gasteiger partial charge in [-0.25, -0.2) is 0 Å². The molecule has 0 saturated heterocycles. The van der Waals surface area contributed by atoms with Gasteiger partial charge in [-0.3, -0.25) is 0 Å². The van der Waals surface area contributed by atoms with Gasteiger partial charge in [0.25, 0.3) is 0 Å². The van der Waals surface area contributed by atoms with Gasteiger partial charge in [-0.2, -0.15) is 0 Å². The quantitative estimate of drug-likeness (QED) is 0.304. The fraction of sp³-hybridized carbons (Fsp3) is 0. The van der Waals surface area contributed by atoms with E-state index in [-0.39, 0.29) is 5.76 Å². The molecular weight excluding hydrogens is 90.1 g/mol. The summed E-state index contributed by atoms with van der Waals surface area (Å²) in [6.07, 6.45) is 3.61. The summed E-state index contributed by atoms with van der Waals surface area (Å²) in [5, 5.41) is 14.8. The van der Waals surface area contributed by atoms with Crippen LogP contribution in [0.15, 0.2) is 24.5 Å². The van der Waals surface area contributed by atoms with Gasteiger partial charge in [0.05, 0.1) is 6.21 Å². The van der Waals surface area contributed by atoms with Crippen molar-refractivity contribution in [3.63, 3.8) is 0 Å². The summed E-state index contributed by atoms with van der Waals surface area (Å²) >= 11 is 0. The lowest BCUT2D eigenvalue weighted by atomic mass is 10.5. The molecule has 0 bridgehead atoms. The first-order valence-corrected chi connectivity index (χ1v) is 1.83. The monoisotopic (exact) mass is 97.1 g/mol. The Morgan fingerprint density at radius 2 is 2.29 bits per heavy atom. The van der Waals surface area contributed by atoms with Gasteiger partial charge < -0.3 is 10.5 Å². The Bertz CT molecular complexity index is 105. The maximum atomic E-state index is 8.40.